The third kappa shape index (κ3) is 1.84. The van der Waals surface area contributed by atoms with Crippen molar-refractivity contribution in [1.82, 2.24) is 0 Å². The van der Waals surface area contributed by atoms with Gasteiger partial charge >= 0.3 is 0 Å². The van der Waals surface area contributed by atoms with E-state index in [-0.39, 0.29) is 5.92 Å². The predicted molar refractivity (Wildman–Crippen MR) is 49.7 cm³/mol. The summed E-state index contributed by atoms with van der Waals surface area (Å²) in [5, 5.41) is 12.6. The van der Waals surface area contributed by atoms with Gasteiger partial charge in [-0.05, 0) is 12.1 Å². The van der Waals surface area contributed by atoms with Crippen LogP contribution in [0.15, 0.2) is 30.3 Å². The Kier molecular flexibility index (Phi) is 2.86. The maximum Gasteiger partial charge on any atom is 0.195 e. The van der Waals surface area contributed by atoms with Crippen molar-refractivity contribution < 1.29 is 5.16 Å². The fourth-order valence-corrected chi connectivity index (χ4v) is 1.13. The smallest absolute Gasteiger partial charge is 0.195 e. The van der Waals surface area contributed by atoms with Crippen LogP contribution in [0.4, 0.5) is 0 Å². The number of benzene rings is 1. The van der Waals surface area contributed by atoms with Crippen molar-refractivity contribution in [2.45, 2.75) is 13.8 Å². The molecule has 0 atom stereocenters. The van der Waals surface area contributed by atoms with E-state index in [0.29, 0.717) is 0 Å². The van der Waals surface area contributed by atoms with Crippen LogP contribution in [0.25, 0.3) is 0 Å². The van der Waals surface area contributed by atoms with E-state index in [1.54, 1.807) is 0 Å². The molecule has 0 saturated heterocycles. The fraction of sp³-hybridized carbons (Fsp3) is 0.300. The summed E-state index contributed by atoms with van der Waals surface area (Å²) < 4.78 is 0. The van der Waals surface area contributed by atoms with Gasteiger partial charge in [-0.1, -0.05) is 32.0 Å². The Bertz CT molecular complexity index is 264. The van der Waals surface area contributed by atoms with E-state index < -0.39 is 0 Å². The first-order valence-electron chi connectivity index (χ1n) is 4.06. The normalized spacial score (nSPS) is 12.1. The molecule has 0 aliphatic heterocycles. The third-order valence-corrected chi connectivity index (χ3v) is 1.77. The third-order valence-electron chi connectivity index (χ3n) is 1.77. The topological polar surface area (TPSA) is 37.0 Å². The zero-order chi connectivity index (χ0) is 8.97. The zero-order valence-corrected chi connectivity index (χ0v) is 7.37. The van der Waals surface area contributed by atoms with Gasteiger partial charge in [0.15, 0.2) is 5.71 Å². The molecule has 0 spiro atoms. The lowest BCUT2D eigenvalue weighted by Crippen LogP contribution is -2.67. The number of nitrogens with one attached hydrogen (secondary N) is 1. The molecule has 1 aromatic rings. The molecule has 0 fully saturated rings. The largest absolute Gasteiger partial charge is 0.625 e. The Morgan fingerprint density at radius 3 is 2.25 bits per heavy atom. The Hall–Kier alpha value is -1.31. The summed E-state index contributed by atoms with van der Waals surface area (Å²) in [6, 6.07) is 9.65. The van der Waals surface area contributed by atoms with Crippen LogP contribution >= 0.6 is 0 Å². The van der Waals surface area contributed by atoms with Crippen molar-refractivity contribution >= 4 is 5.71 Å². The van der Waals surface area contributed by atoms with Gasteiger partial charge in [-0.25, -0.2) is 5.16 Å². The molecule has 0 saturated carbocycles. The second-order valence-electron chi connectivity index (χ2n) is 3.04. The second kappa shape index (κ2) is 3.90. The molecule has 0 amide bonds. The molecule has 1 aromatic carbocycles. The van der Waals surface area contributed by atoms with Crippen LogP contribution in [-0.2, 0) is 0 Å². The standard InChI is InChI=1S/C10H13NO/c1-8(2)10(11-12)9-6-4-3-5-7-9/h3-8,11H,1-2H3. The summed E-state index contributed by atoms with van der Waals surface area (Å²) >= 11 is 0. The first-order valence-corrected chi connectivity index (χ1v) is 4.06. The molecule has 0 aromatic heterocycles. The molecule has 2 nitrogen and oxygen atoms in total. The van der Waals surface area contributed by atoms with Crippen molar-refractivity contribution in [3.05, 3.63) is 41.1 Å². The molecule has 0 unspecified atom stereocenters. The van der Waals surface area contributed by atoms with E-state index >= 15 is 0 Å². The monoisotopic (exact) mass is 163 g/mol. The fourth-order valence-electron chi connectivity index (χ4n) is 1.13. The summed E-state index contributed by atoms with van der Waals surface area (Å²) in [6.07, 6.45) is 0. The highest BCUT2D eigenvalue weighted by Crippen LogP contribution is 2.04. The number of hydrogen-bond acceptors (Lipinski definition) is 1. The molecule has 2 heteroatoms. The predicted octanol–water partition coefficient (Wildman–Crippen LogP) is 0.710. The minimum atomic E-state index is 0.241. The van der Waals surface area contributed by atoms with Crippen LogP contribution in [0, 0.1) is 11.1 Å². The van der Waals surface area contributed by atoms with Crippen molar-refractivity contribution in [2.75, 3.05) is 0 Å². The number of hydrogen-bond donors (Lipinski definition) is 1. The quantitative estimate of drug-likeness (QED) is 0.389. The van der Waals surface area contributed by atoms with Crippen molar-refractivity contribution in [3.8, 4) is 0 Å². The van der Waals surface area contributed by atoms with E-state index in [4.69, 9.17) is 0 Å². The first kappa shape index (κ1) is 8.78. The van der Waals surface area contributed by atoms with Gasteiger partial charge in [0.1, 0.15) is 0 Å². The molecule has 64 valence electrons. The van der Waals surface area contributed by atoms with Gasteiger partial charge in [0.25, 0.3) is 0 Å². The zero-order valence-electron chi connectivity index (χ0n) is 7.37. The molecular formula is C10H13NO. The molecule has 0 bridgehead atoms. The summed E-state index contributed by atoms with van der Waals surface area (Å²) in [5.41, 5.74) is 1.72. The van der Waals surface area contributed by atoms with Gasteiger partial charge in [-0.2, -0.15) is 0 Å². The van der Waals surface area contributed by atoms with Gasteiger partial charge < -0.3 is 5.21 Å². The average Bonchev–Trinajstić information content (AvgIpc) is 2.07. The summed E-state index contributed by atoms with van der Waals surface area (Å²) in [4.78, 5) is 0. The van der Waals surface area contributed by atoms with E-state index in [0.717, 1.165) is 11.3 Å². The second-order valence-corrected chi connectivity index (χ2v) is 3.04. The van der Waals surface area contributed by atoms with Crippen LogP contribution < -0.4 is 5.16 Å². The van der Waals surface area contributed by atoms with Crippen LogP contribution in [0.5, 0.6) is 0 Å². The first-order chi connectivity index (χ1) is 5.75. The van der Waals surface area contributed by atoms with Crippen LogP contribution in [0.2, 0.25) is 0 Å². The lowest BCUT2D eigenvalue weighted by Gasteiger charge is -2.04. The van der Waals surface area contributed by atoms with Gasteiger partial charge in [0.2, 0.25) is 0 Å². The summed E-state index contributed by atoms with van der Waals surface area (Å²) in [6.45, 7) is 3.99. The van der Waals surface area contributed by atoms with Gasteiger partial charge in [0.05, 0.1) is 0 Å². The Balaban J connectivity index is 2.97. The maximum absolute atomic E-state index is 10.6. The van der Waals surface area contributed by atoms with Crippen LogP contribution in [0.3, 0.4) is 0 Å². The van der Waals surface area contributed by atoms with Crippen molar-refractivity contribution in [3.63, 3.8) is 0 Å². The highest BCUT2D eigenvalue weighted by atomic mass is 16.4. The van der Waals surface area contributed by atoms with Gasteiger partial charge in [0, 0.05) is 11.5 Å². The van der Waals surface area contributed by atoms with Crippen molar-refractivity contribution in [2.24, 2.45) is 5.92 Å². The van der Waals surface area contributed by atoms with Gasteiger partial charge in [-0.15, -0.1) is 0 Å². The highest BCUT2D eigenvalue weighted by Gasteiger charge is 2.11. The minimum absolute atomic E-state index is 0.241. The lowest BCUT2D eigenvalue weighted by atomic mass is 10.0. The summed E-state index contributed by atoms with van der Waals surface area (Å²) in [5.74, 6) is 0.241. The Labute approximate surface area is 72.5 Å². The molecule has 0 aliphatic carbocycles. The molecule has 1 N–H and O–H groups in total. The van der Waals surface area contributed by atoms with E-state index in [1.807, 2.05) is 49.3 Å². The van der Waals surface area contributed by atoms with Crippen LogP contribution in [0.1, 0.15) is 19.4 Å². The minimum Gasteiger partial charge on any atom is -0.625 e. The molecule has 0 aliphatic rings. The molecule has 0 radical (unpaired) electrons. The Morgan fingerprint density at radius 2 is 1.83 bits per heavy atom. The highest BCUT2D eigenvalue weighted by molar-refractivity contribution is 5.97. The van der Waals surface area contributed by atoms with Crippen molar-refractivity contribution in [1.29, 1.82) is 0 Å². The molecular weight excluding hydrogens is 150 g/mol. The van der Waals surface area contributed by atoms with Crippen LogP contribution in [-0.4, -0.2) is 5.71 Å². The van der Waals surface area contributed by atoms with E-state index in [2.05, 4.69) is 0 Å². The molecule has 1 rings (SSSR count). The van der Waals surface area contributed by atoms with E-state index in [9.17, 15) is 5.21 Å². The summed E-state index contributed by atoms with van der Waals surface area (Å²) in [7, 11) is 0. The van der Waals surface area contributed by atoms with Gasteiger partial charge in [-0.3, -0.25) is 0 Å². The maximum atomic E-state index is 10.6. The van der Waals surface area contributed by atoms with E-state index in [1.165, 1.54) is 0 Å². The Morgan fingerprint density at radius 1 is 1.25 bits per heavy atom. The number of rotatable bonds is 2. The molecule has 12 heavy (non-hydrogen) atoms. The average molecular weight is 163 g/mol. The SMILES string of the molecule is CC(C)C(=[NH+][O-])c1ccccc1. The molecule has 0 heterocycles. The lowest BCUT2D eigenvalue weighted by molar-refractivity contribution is -0.375.